The van der Waals surface area contributed by atoms with E-state index in [2.05, 4.69) is 0 Å². The van der Waals surface area contributed by atoms with Gasteiger partial charge in [-0.05, 0) is 12.8 Å². The zero-order chi connectivity index (χ0) is 22.2. The molecule has 16 heteroatoms. The summed E-state index contributed by atoms with van der Waals surface area (Å²) in [7, 11) is -19.5. The van der Waals surface area contributed by atoms with Crippen molar-refractivity contribution in [2.75, 3.05) is 0 Å². The van der Waals surface area contributed by atoms with Crippen molar-refractivity contribution in [2.45, 2.75) is 75.0 Å². The maximum Gasteiger partial charge on any atom is 0.340 e. The molecular weight excluding hydrogens is 460 g/mol. The normalized spacial score (nSPS) is 14.2. The molecular formula is C12H30O12P4. The van der Waals surface area contributed by atoms with Gasteiger partial charge in [0.05, 0.1) is 0 Å². The average molecular weight is 490 g/mol. The van der Waals surface area contributed by atoms with Crippen molar-refractivity contribution in [3.05, 3.63) is 0 Å². The highest BCUT2D eigenvalue weighted by Gasteiger charge is 2.43. The Hall–Kier alpha value is 0.600. The van der Waals surface area contributed by atoms with Gasteiger partial charge in [0.15, 0.2) is 10.8 Å². The van der Waals surface area contributed by atoms with Gasteiger partial charge in [0.2, 0.25) is 0 Å². The van der Waals surface area contributed by atoms with Gasteiger partial charge in [-0.25, -0.2) is 0 Å². The summed E-state index contributed by atoms with van der Waals surface area (Å²) in [5.41, 5.74) is 0. The van der Waals surface area contributed by atoms with E-state index in [1.807, 2.05) is 0 Å². The number of hydrogen-bond donors (Lipinski definition) is 8. The molecule has 28 heavy (non-hydrogen) atoms. The first kappa shape index (κ1) is 28.6. The largest absolute Gasteiger partial charge is 0.340 e. The maximum absolute atomic E-state index is 11.1. The third kappa shape index (κ3) is 12.3. The molecule has 0 aliphatic rings. The van der Waals surface area contributed by atoms with E-state index in [4.69, 9.17) is 39.1 Å². The molecule has 0 saturated heterocycles. The topological polar surface area (TPSA) is 230 Å². The molecule has 0 fully saturated rings. The number of rotatable bonds is 15. The Labute approximate surface area is 163 Å². The highest BCUT2D eigenvalue weighted by Crippen LogP contribution is 2.62. The lowest BCUT2D eigenvalue weighted by Gasteiger charge is -2.19. The first-order chi connectivity index (χ1) is 12.5. The van der Waals surface area contributed by atoms with Crippen molar-refractivity contribution in [2.24, 2.45) is 0 Å². The molecule has 0 saturated carbocycles. The Bertz CT molecular complexity index is 543. The fraction of sp³-hybridized carbons (Fsp3) is 1.00. The molecule has 0 rings (SSSR count). The minimum atomic E-state index is -4.88. The van der Waals surface area contributed by atoms with E-state index in [9.17, 15) is 18.3 Å². The summed E-state index contributed by atoms with van der Waals surface area (Å²) in [6.45, 7) is 0. The standard InChI is InChI=1S/C12H30O12P4/c13-25(14,15)11(26(16,17)18)9-7-5-3-1-2-4-6-8-10-12(27(19,20)21)28(22,23)24/h11-12H,1-10H2,(H2,13,14,15)(H2,16,17,18)(H2,19,20,21)(H2,22,23,24). The summed E-state index contributed by atoms with van der Waals surface area (Å²) in [4.78, 5) is 72.0. The molecule has 0 aliphatic carbocycles. The highest BCUT2D eigenvalue weighted by atomic mass is 31.2. The quantitative estimate of drug-likeness (QED) is 0.122. The molecule has 0 aliphatic heterocycles. The van der Waals surface area contributed by atoms with Crippen molar-refractivity contribution in [3.63, 3.8) is 0 Å². The number of hydrogen-bond acceptors (Lipinski definition) is 4. The van der Waals surface area contributed by atoms with E-state index in [-0.39, 0.29) is 25.7 Å². The Morgan fingerprint density at radius 2 is 0.571 bits per heavy atom. The van der Waals surface area contributed by atoms with Gasteiger partial charge >= 0.3 is 30.4 Å². The van der Waals surface area contributed by atoms with Crippen LogP contribution in [0, 0.1) is 0 Å². The van der Waals surface area contributed by atoms with Crippen molar-refractivity contribution in [3.8, 4) is 0 Å². The predicted octanol–water partition coefficient (Wildman–Crippen LogP) is 2.25. The lowest BCUT2D eigenvalue weighted by molar-refractivity contribution is 0.329. The van der Waals surface area contributed by atoms with Crippen molar-refractivity contribution in [1.29, 1.82) is 0 Å². The van der Waals surface area contributed by atoms with E-state index in [0.717, 1.165) is 12.8 Å². The van der Waals surface area contributed by atoms with Crippen LogP contribution >= 0.6 is 30.4 Å². The van der Waals surface area contributed by atoms with E-state index >= 15 is 0 Å². The van der Waals surface area contributed by atoms with Crippen LogP contribution in [-0.4, -0.2) is 49.9 Å². The Morgan fingerprint density at radius 1 is 0.393 bits per heavy atom. The third-order valence-electron chi connectivity index (χ3n) is 4.23. The molecule has 0 bridgehead atoms. The van der Waals surface area contributed by atoms with E-state index in [1.165, 1.54) is 0 Å². The zero-order valence-electron chi connectivity index (χ0n) is 15.2. The Kier molecular flexibility index (Phi) is 12.1. The average Bonchev–Trinajstić information content (AvgIpc) is 2.42. The molecule has 0 aromatic rings. The van der Waals surface area contributed by atoms with Gasteiger partial charge in [-0.1, -0.05) is 51.4 Å². The molecule has 0 heterocycles. The van der Waals surface area contributed by atoms with Gasteiger partial charge in [-0.15, -0.1) is 0 Å². The molecule has 8 N–H and O–H groups in total. The van der Waals surface area contributed by atoms with Crippen molar-refractivity contribution < 1.29 is 57.4 Å². The molecule has 0 amide bonds. The molecule has 0 atom stereocenters. The summed E-state index contributed by atoms with van der Waals surface area (Å²) in [6.07, 6.45) is 3.89. The van der Waals surface area contributed by atoms with Crippen molar-refractivity contribution >= 4 is 30.4 Å². The van der Waals surface area contributed by atoms with E-state index in [1.54, 1.807) is 0 Å². The molecule has 12 nitrogen and oxygen atoms in total. The van der Waals surface area contributed by atoms with Crippen LogP contribution in [0.2, 0.25) is 0 Å². The third-order valence-corrected chi connectivity index (χ3v) is 12.0. The fourth-order valence-corrected chi connectivity index (χ4v) is 7.99. The summed E-state index contributed by atoms with van der Waals surface area (Å²) in [5.74, 6) is 0. The Balaban J connectivity index is 3.97. The first-order valence-corrected chi connectivity index (χ1v) is 15.4. The zero-order valence-corrected chi connectivity index (χ0v) is 18.8. The lowest BCUT2D eigenvalue weighted by atomic mass is 10.1. The molecule has 0 aromatic heterocycles. The highest BCUT2D eigenvalue weighted by molar-refractivity contribution is 7.71. The maximum atomic E-state index is 11.1. The van der Waals surface area contributed by atoms with Crippen LogP contribution in [-0.2, 0) is 18.3 Å². The summed E-state index contributed by atoms with van der Waals surface area (Å²) >= 11 is 0. The van der Waals surface area contributed by atoms with Crippen LogP contribution in [0.5, 0.6) is 0 Å². The summed E-state index contributed by atoms with van der Waals surface area (Å²) in [5, 5.41) is -3.95. The van der Waals surface area contributed by atoms with Gasteiger partial charge in [-0.3, -0.25) is 18.3 Å². The van der Waals surface area contributed by atoms with Gasteiger partial charge in [0.25, 0.3) is 0 Å². The second kappa shape index (κ2) is 11.8. The van der Waals surface area contributed by atoms with Crippen LogP contribution in [0.1, 0.15) is 64.2 Å². The minimum Gasteiger partial charge on any atom is -0.324 e. The van der Waals surface area contributed by atoms with Crippen molar-refractivity contribution in [1.82, 2.24) is 0 Å². The molecule has 0 spiro atoms. The summed E-state index contributed by atoms with van der Waals surface area (Å²) < 4.78 is 44.5. The van der Waals surface area contributed by atoms with Crippen LogP contribution in [0.15, 0.2) is 0 Å². The first-order valence-electron chi connectivity index (χ1n) is 8.68. The SMILES string of the molecule is O=P(O)(O)C(CCCCCCCCCCC(P(=O)(O)O)P(=O)(O)O)P(=O)(O)O. The van der Waals surface area contributed by atoms with E-state index < -0.39 is 41.2 Å². The van der Waals surface area contributed by atoms with Crippen LogP contribution in [0.3, 0.4) is 0 Å². The van der Waals surface area contributed by atoms with Gasteiger partial charge in [0, 0.05) is 0 Å². The van der Waals surface area contributed by atoms with E-state index in [0.29, 0.717) is 25.7 Å². The second-order valence-corrected chi connectivity index (χ2v) is 14.7. The Morgan fingerprint density at radius 3 is 0.750 bits per heavy atom. The molecule has 170 valence electrons. The van der Waals surface area contributed by atoms with Crippen LogP contribution in [0.25, 0.3) is 0 Å². The molecule has 0 aromatic carbocycles. The number of unbranched alkanes of at least 4 members (excludes halogenated alkanes) is 7. The minimum absolute atomic E-state index is 0.257. The smallest absolute Gasteiger partial charge is 0.324 e. The van der Waals surface area contributed by atoms with Gasteiger partial charge in [0.1, 0.15) is 0 Å². The van der Waals surface area contributed by atoms with Crippen LogP contribution < -0.4 is 0 Å². The second-order valence-electron chi connectivity index (χ2n) is 6.72. The summed E-state index contributed by atoms with van der Waals surface area (Å²) in [6, 6.07) is 0. The lowest BCUT2D eigenvalue weighted by Crippen LogP contribution is -2.09. The predicted molar refractivity (Wildman–Crippen MR) is 102 cm³/mol. The van der Waals surface area contributed by atoms with Gasteiger partial charge < -0.3 is 39.1 Å². The monoisotopic (exact) mass is 490 g/mol. The fourth-order valence-electron chi connectivity index (χ4n) is 2.78. The molecule has 0 radical (unpaired) electrons. The molecule has 0 unspecified atom stereocenters. The van der Waals surface area contributed by atoms with Crippen LogP contribution in [0.4, 0.5) is 0 Å². The van der Waals surface area contributed by atoms with Gasteiger partial charge in [-0.2, -0.15) is 0 Å².